The number of carbonyl (C=O) groups is 2. The quantitative estimate of drug-likeness (QED) is 0.388. The molecule has 2 unspecified atom stereocenters. The molecule has 0 saturated carbocycles. The summed E-state index contributed by atoms with van der Waals surface area (Å²) in [7, 11) is 0. The molecule has 0 aromatic heterocycles. The molecular formula is C28H38ClN3O3. The lowest BCUT2D eigenvalue weighted by Crippen LogP contribution is -2.29. The van der Waals surface area contributed by atoms with Crippen LogP contribution in [0.1, 0.15) is 67.3 Å². The molecule has 4 rings (SSSR count). The first-order chi connectivity index (χ1) is 16.6. The fourth-order valence-corrected chi connectivity index (χ4v) is 5.17. The van der Waals surface area contributed by atoms with Crippen molar-refractivity contribution in [2.45, 2.75) is 64.3 Å². The number of urea groups is 1. The molecule has 0 bridgehead atoms. The fraction of sp³-hybridized carbons (Fsp3) is 0.500. The number of unbranched alkanes of at least 4 members (excludes halogenated alkanes) is 3. The van der Waals surface area contributed by atoms with E-state index in [2.05, 4.69) is 47.9 Å². The Hall–Kier alpha value is -2.57. The van der Waals surface area contributed by atoms with Crippen LogP contribution in [0.3, 0.4) is 0 Å². The average molecular weight is 500 g/mol. The van der Waals surface area contributed by atoms with Crippen molar-refractivity contribution in [3.63, 3.8) is 0 Å². The smallest absolute Gasteiger partial charge is 0.322 e. The summed E-state index contributed by atoms with van der Waals surface area (Å²) in [5.41, 5.74) is 5.70. The third kappa shape index (κ3) is 6.77. The van der Waals surface area contributed by atoms with Gasteiger partial charge < -0.3 is 15.7 Å². The first-order valence-electron chi connectivity index (χ1n) is 12.8. The number of aliphatic carboxylic acids is 1. The Bertz CT molecular complexity index is 995. The Kier molecular flexibility index (Phi) is 9.99. The first-order valence-corrected chi connectivity index (χ1v) is 12.8. The average Bonchev–Trinajstić information content (AvgIpc) is 3.07. The van der Waals surface area contributed by atoms with Crippen molar-refractivity contribution < 1.29 is 14.7 Å². The van der Waals surface area contributed by atoms with Crippen molar-refractivity contribution in [3.05, 3.63) is 64.7 Å². The van der Waals surface area contributed by atoms with Crippen LogP contribution in [0.5, 0.6) is 0 Å². The van der Waals surface area contributed by atoms with Gasteiger partial charge in [-0.05, 0) is 73.2 Å². The number of fused-ring (bicyclic) bond motifs is 1. The lowest BCUT2D eigenvalue weighted by Gasteiger charge is -2.25. The molecule has 35 heavy (non-hydrogen) atoms. The molecule has 1 saturated heterocycles. The van der Waals surface area contributed by atoms with Crippen molar-refractivity contribution in [2.75, 3.05) is 24.5 Å². The number of carboxylic acid groups (broad SMARTS) is 1. The van der Waals surface area contributed by atoms with Crippen LogP contribution >= 0.6 is 12.4 Å². The monoisotopic (exact) mass is 499 g/mol. The van der Waals surface area contributed by atoms with E-state index in [4.69, 9.17) is 0 Å². The van der Waals surface area contributed by atoms with Gasteiger partial charge in [0.05, 0.1) is 12.0 Å². The van der Waals surface area contributed by atoms with Crippen LogP contribution in [0.15, 0.2) is 42.5 Å². The van der Waals surface area contributed by atoms with Gasteiger partial charge in [-0.1, -0.05) is 62.9 Å². The molecule has 2 aliphatic rings. The third-order valence-corrected chi connectivity index (χ3v) is 7.19. The number of nitrogens with zero attached hydrogens (tertiary/aromatic N) is 1. The molecule has 2 atom stereocenters. The highest BCUT2D eigenvalue weighted by atomic mass is 35.5. The SMILES string of the molecule is CCCCCCC(Cc1ccc(C2CNC(=O)N2c2ccc3c(c2)CCNCC3)cc1)C(=O)O.Cl. The maximum atomic E-state index is 12.8. The van der Waals surface area contributed by atoms with Crippen LogP contribution in [0.4, 0.5) is 10.5 Å². The second-order valence-corrected chi connectivity index (χ2v) is 9.61. The van der Waals surface area contributed by atoms with Gasteiger partial charge in [0.25, 0.3) is 0 Å². The summed E-state index contributed by atoms with van der Waals surface area (Å²) < 4.78 is 0. The van der Waals surface area contributed by atoms with Crippen LogP contribution in [0.25, 0.3) is 0 Å². The number of halogens is 1. The lowest BCUT2D eigenvalue weighted by atomic mass is 9.92. The van der Waals surface area contributed by atoms with Gasteiger partial charge in [0.2, 0.25) is 0 Å². The molecule has 2 amide bonds. The molecule has 0 radical (unpaired) electrons. The molecule has 2 aliphatic heterocycles. The predicted octanol–water partition coefficient (Wildman–Crippen LogP) is 5.28. The summed E-state index contributed by atoms with van der Waals surface area (Å²) in [5.74, 6) is -1.06. The summed E-state index contributed by atoms with van der Waals surface area (Å²) in [6, 6.07) is 14.4. The number of anilines is 1. The highest BCUT2D eigenvalue weighted by molar-refractivity contribution is 5.95. The van der Waals surface area contributed by atoms with E-state index >= 15 is 0 Å². The van der Waals surface area contributed by atoms with E-state index in [0.29, 0.717) is 13.0 Å². The van der Waals surface area contributed by atoms with Crippen LogP contribution in [-0.2, 0) is 24.1 Å². The lowest BCUT2D eigenvalue weighted by molar-refractivity contribution is -0.142. The Morgan fingerprint density at radius 3 is 2.51 bits per heavy atom. The molecular weight excluding hydrogens is 462 g/mol. The zero-order valence-corrected chi connectivity index (χ0v) is 21.4. The maximum Gasteiger partial charge on any atom is 0.322 e. The van der Waals surface area contributed by atoms with Crippen LogP contribution in [-0.4, -0.2) is 36.7 Å². The molecule has 190 valence electrons. The van der Waals surface area contributed by atoms with Crippen molar-refractivity contribution in [1.82, 2.24) is 10.6 Å². The van der Waals surface area contributed by atoms with Gasteiger partial charge in [-0.15, -0.1) is 12.4 Å². The van der Waals surface area contributed by atoms with Gasteiger partial charge >= 0.3 is 12.0 Å². The minimum Gasteiger partial charge on any atom is -0.481 e. The molecule has 6 nitrogen and oxygen atoms in total. The fourth-order valence-electron chi connectivity index (χ4n) is 5.17. The molecule has 7 heteroatoms. The summed E-state index contributed by atoms with van der Waals surface area (Å²) in [5, 5.41) is 16.1. The first kappa shape index (κ1) is 27.0. The van der Waals surface area contributed by atoms with E-state index in [9.17, 15) is 14.7 Å². The van der Waals surface area contributed by atoms with Gasteiger partial charge in [-0.2, -0.15) is 0 Å². The van der Waals surface area contributed by atoms with Gasteiger partial charge in [0, 0.05) is 12.2 Å². The summed E-state index contributed by atoms with van der Waals surface area (Å²) in [6.45, 7) is 4.68. The normalized spacial score (nSPS) is 18.3. The molecule has 0 aliphatic carbocycles. The second kappa shape index (κ2) is 12.9. The van der Waals surface area contributed by atoms with Crippen LogP contribution in [0, 0.1) is 5.92 Å². The zero-order chi connectivity index (χ0) is 23.9. The molecule has 1 fully saturated rings. The predicted molar refractivity (Wildman–Crippen MR) is 143 cm³/mol. The zero-order valence-electron chi connectivity index (χ0n) is 20.6. The summed E-state index contributed by atoms with van der Waals surface area (Å²) in [6.07, 6.45) is 7.63. The van der Waals surface area contributed by atoms with Gasteiger partial charge in [0.1, 0.15) is 0 Å². The van der Waals surface area contributed by atoms with E-state index in [-0.39, 0.29) is 30.4 Å². The number of amides is 2. The van der Waals surface area contributed by atoms with Crippen molar-refractivity contribution in [1.29, 1.82) is 0 Å². The molecule has 2 aromatic rings. The number of hydrogen-bond donors (Lipinski definition) is 3. The van der Waals surface area contributed by atoms with Gasteiger partial charge in [-0.3, -0.25) is 9.69 Å². The van der Waals surface area contributed by atoms with E-state index in [0.717, 1.165) is 74.8 Å². The maximum absolute atomic E-state index is 12.8. The highest BCUT2D eigenvalue weighted by Crippen LogP contribution is 2.33. The number of carboxylic acids is 1. The van der Waals surface area contributed by atoms with Crippen molar-refractivity contribution in [3.8, 4) is 0 Å². The van der Waals surface area contributed by atoms with Gasteiger partial charge in [0.15, 0.2) is 0 Å². The van der Waals surface area contributed by atoms with E-state index in [1.807, 2.05) is 17.0 Å². The van der Waals surface area contributed by atoms with E-state index in [1.54, 1.807) is 0 Å². The third-order valence-electron chi connectivity index (χ3n) is 7.19. The minimum atomic E-state index is -0.712. The summed E-state index contributed by atoms with van der Waals surface area (Å²) >= 11 is 0. The Morgan fingerprint density at radius 2 is 1.80 bits per heavy atom. The number of carbonyl (C=O) groups excluding carboxylic acids is 1. The van der Waals surface area contributed by atoms with Crippen molar-refractivity contribution in [2.24, 2.45) is 5.92 Å². The Labute approximate surface area is 214 Å². The Balaban J connectivity index is 0.00000342. The standard InChI is InChI=1S/C28H37N3O3.ClH/c1-2-3-4-5-6-24(27(32)33)17-20-7-9-22(10-8-20)26-19-30-28(34)31(26)25-12-11-21-13-15-29-16-14-23(21)18-25;/h7-12,18,24,26,29H,2-6,13-17,19H2,1H3,(H,30,34)(H,32,33);1H. The number of rotatable bonds is 10. The van der Waals surface area contributed by atoms with E-state index < -0.39 is 5.97 Å². The molecule has 2 aromatic carbocycles. The van der Waals surface area contributed by atoms with Crippen LogP contribution in [0.2, 0.25) is 0 Å². The number of benzene rings is 2. The topological polar surface area (TPSA) is 81.7 Å². The minimum absolute atomic E-state index is 0. The Morgan fingerprint density at radius 1 is 1.06 bits per heavy atom. The number of hydrogen-bond acceptors (Lipinski definition) is 3. The molecule has 2 heterocycles. The van der Waals surface area contributed by atoms with Gasteiger partial charge in [-0.25, -0.2) is 4.79 Å². The second-order valence-electron chi connectivity index (χ2n) is 9.61. The number of nitrogens with one attached hydrogen (secondary N) is 2. The van der Waals surface area contributed by atoms with Crippen molar-refractivity contribution >= 4 is 30.1 Å². The summed E-state index contributed by atoms with van der Waals surface area (Å²) in [4.78, 5) is 26.4. The molecule has 3 N–H and O–H groups in total. The largest absolute Gasteiger partial charge is 0.481 e. The molecule has 0 spiro atoms. The van der Waals surface area contributed by atoms with E-state index in [1.165, 1.54) is 11.1 Å². The van der Waals surface area contributed by atoms with Crippen LogP contribution < -0.4 is 15.5 Å². The highest BCUT2D eigenvalue weighted by Gasteiger charge is 2.33.